The van der Waals surface area contributed by atoms with Crippen LogP contribution in [0.1, 0.15) is 30.6 Å². The molecule has 6 nitrogen and oxygen atoms in total. The van der Waals surface area contributed by atoms with E-state index in [9.17, 15) is 9.59 Å². The zero-order chi connectivity index (χ0) is 15.9. The van der Waals surface area contributed by atoms with Crippen molar-refractivity contribution < 1.29 is 14.3 Å². The lowest BCUT2D eigenvalue weighted by Gasteiger charge is -2.13. The number of nitrogens with zero attached hydrogens (tertiary/aromatic N) is 2. The summed E-state index contributed by atoms with van der Waals surface area (Å²) in [6, 6.07) is 8.65. The fraction of sp³-hybridized carbons (Fsp3) is 0.312. The molecule has 0 aliphatic rings. The summed E-state index contributed by atoms with van der Waals surface area (Å²) in [5, 5.41) is 6.80. The lowest BCUT2D eigenvalue weighted by atomic mass is 10.2. The number of nitrogens with one attached hydrogen (secondary N) is 1. The molecule has 0 fully saturated rings. The molecule has 1 heterocycles. The van der Waals surface area contributed by atoms with Crippen molar-refractivity contribution in [3.8, 4) is 5.69 Å². The smallest absolute Gasteiger partial charge is 0.338 e. The Morgan fingerprint density at radius 1 is 1.32 bits per heavy atom. The molecule has 0 bridgehead atoms. The lowest BCUT2D eigenvalue weighted by molar-refractivity contribution is -0.129. The third-order valence-electron chi connectivity index (χ3n) is 3.07. The number of hydrogen-bond donors (Lipinski definition) is 1. The fourth-order valence-corrected chi connectivity index (χ4v) is 1.85. The number of amides is 1. The Balaban J connectivity index is 1.96. The summed E-state index contributed by atoms with van der Waals surface area (Å²) in [5.74, 6) is -0.811. The monoisotopic (exact) mass is 301 g/mol. The van der Waals surface area contributed by atoms with Crippen molar-refractivity contribution in [3.05, 3.63) is 48.3 Å². The molecule has 1 unspecified atom stereocenters. The van der Waals surface area contributed by atoms with Gasteiger partial charge < -0.3 is 10.1 Å². The van der Waals surface area contributed by atoms with Crippen molar-refractivity contribution in [2.45, 2.75) is 26.4 Å². The second-order valence-electron chi connectivity index (χ2n) is 4.84. The Morgan fingerprint density at radius 3 is 2.64 bits per heavy atom. The van der Waals surface area contributed by atoms with Crippen LogP contribution in [0.25, 0.3) is 5.69 Å². The zero-order valence-corrected chi connectivity index (χ0v) is 12.7. The Bertz CT molecular complexity index is 621. The van der Waals surface area contributed by atoms with Gasteiger partial charge in [0.05, 0.1) is 11.3 Å². The maximum absolute atomic E-state index is 12.0. The highest BCUT2D eigenvalue weighted by atomic mass is 16.5. The molecule has 22 heavy (non-hydrogen) atoms. The molecule has 2 aromatic rings. The normalized spacial score (nSPS) is 11.7. The third-order valence-corrected chi connectivity index (χ3v) is 3.07. The Labute approximate surface area is 129 Å². The number of carbonyl (C=O) groups is 2. The number of benzene rings is 1. The predicted octanol–water partition coefficient (Wildman–Crippen LogP) is 1.94. The number of rotatable bonds is 6. The molecular formula is C16H19N3O3. The van der Waals surface area contributed by atoms with Gasteiger partial charge in [0.2, 0.25) is 0 Å². The van der Waals surface area contributed by atoms with Crippen LogP contribution in [0.3, 0.4) is 0 Å². The number of aromatic nitrogens is 2. The van der Waals surface area contributed by atoms with Crippen molar-refractivity contribution in [1.29, 1.82) is 0 Å². The van der Waals surface area contributed by atoms with Crippen LogP contribution < -0.4 is 5.32 Å². The van der Waals surface area contributed by atoms with Gasteiger partial charge in [0.25, 0.3) is 5.91 Å². The van der Waals surface area contributed by atoms with Gasteiger partial charge in [0, 0.05) is 18.9 Å². The fourth-order valence-electron chi connectivity index (χ4n) is 1.85. The maximum Gasteiger partial charge on any atom is 0.338 e. The van der Waals surface area contributed by atoms with Gasteiger partial charge >= 0.3 is 5.97 Å². The number of carbonyl (C=O) groups excluding carboxylic acids is 2. The number of ether oxygens (including phenoxy) is 1. The van der Waals surface area contributed by atoms with E-state index in [-0.39, 0.29) is 5.91 Å². The second-order valence-corrected chi connectivity index (χ2v) is 4.84. The van der Waals surface area contributed by atoms with Crippen LogP contribution in [-0.2, 0) is 9.53 Å². The first-order valence-corrected chi connectivity index (χ1v) is 7.20. The van der Waals surface area contributed by atoms with Crippen LogP contribution in [0.4, 0.5) is 0 Å². The quantitative estimate of drug-likeness (QED) is 0.828. The molecule has 0 spiro atoms. The van der Waals surface area contributed by atoms with E-state index in [0.29, 0.717) is 12.1 Å². The molecule has 6 heteroatoms. The SMILES string of the molecule is CCCNC(=O)C(C)OC(=O)c1ccc(-n2cccn2)cc1. The lowest BCUT2D eigenvalue weighted by Crippen LogP contribution is -2.36. The predicted molar refractivity (Wildman–Crippen MR) is 81.7 cm³/mol. The Kier molecular flexibility index (Phi) is 5.30. The van der Waals surface area contributed by atoms with E-state index in [1.54, 1.807) is 42.1 Å². The van der Waals surface area contributed by atoms with Crippen molar-refractivity contribution >= 4 is 11.9 Å². The maximum atomic E-state index is 12.0. The first-order chi connectivity index (χ1) is 10.6. The van der Waals surface area contributed by atoms with Crippen LogP contribution in [0.5, 0.6) is 0 Å². The molecule has 1 atom stereocenters. The minimum Gasteiger partial charge on any atom is -0.449 e. The summed E-state index contributed by atoms with van der Waals surface area (Å²) in [7, 11) is 0. The average molecular weight is 301 g/mol. The summed E-state index contributed by atoms with van der Waals surface area (Å²) in [6.45, 7) is 4.08. The highest BCUT2D eigenvalue weighted by Crippen LogP contribution is 2.10. The molecule has 0 saturated heterocycles. The van der Waals surface area contributed by atoms with Crippen molar-refractivity contribution in [2.24, 2.45) is 0 Å². The van der Waals surface area contributed by atoms with Crippen molar-refractivity contribution in [3.63, 3.8) is 0 Å². The summed E-state index contributed by atoms with van der Waals surface area (Å²) >= 11 is 0. The minimum absolute atomic E-state index is 0.289. The molecular weight excluding hydrogens is 282 g/mol. The molecule has 2 rings (SSSR count). The van der Waals surface area contributed by atoms with Crippen LogP contribution in [0.2, 0.25) is 0 Å². The highest BCUT2D eigenvalue weighted by Gasteiger charge is 2.18. The number of hydrogen-bond acceptors (Lipinski definition) is 4. The minimum atomic E-state index is -0.815. The molecule has 0 aliphatic heterocycles. The zero-order valence-electron chi connectivity index (χ0n) is 12.7. The van der Waals surface area contributed by atoms with Crippen LogP contribution >= 0.6 is 0 Å². The second kappa shape index (κ2) is 7.40. The van der Waals surface area contributed by atoms with E-state index in [1.165, 1.54) is 0 Å². The van der Waals surface area contributed by atoms with E-state index >= 15 is 0 Å². The summed E-state index contributed by atoms with van der Waals surface area (Å²) in [5.41, 5.74) is 1.24. The van der Waals surface area contributed by atoms with Crippen LogP contribution in [0, 0.1) is 0 Å². The van der Waals surface area contributed by atoms with Gasteiger partial charge in [-0.2, -0.15) is 5.10 Å². The molecule has 0 aliphatic carbocycles. The molecule has 1 aromatic heterocycles. The van der Waals surface area contributed by atoms with Gasteiger partial charge in [-0.05, 0) is 43.7 Å². The standard InChI is InChI=1S/C16H19N3O3/c1-3-9-17-15(20)12(2)22-16(21)13-5-7-14(8-6-13)19-11-4-10-18-19/h4-8,10-12H,3,9H2,1-2H3,(H,17,20). The first-order valence-electron chi connectivity index (χ1n) is 7.20. The van der Waals surface area contributed by atoms with E-state index in [1.807, 2.05) is 19.2 Å². The van der Waals surface area contributed by atoms with Gasteiger partial charge in [0.1, 0.15) is 0 Å². The van der Waals surface area contributed by atoms with Gasteiger partial charge in [-0.25, -0.2) is 9.48 Å². The summed E-state index contributed by atoms with van der Waals surface area (Å²) in [4.78, 5) is 23.7. The average Bonchev–Trinajstić information content (AvgIpc) is 3.07. The first kappa shape index (κ1) is 15.8. The number of esters is 1. The van der Waals surface area contributed by atoms with Gasteiger partial charge in [-0.15, -0.1) is 0 Å². The van der Waals surface area contributed by atoms with Crippen molar-refractivity contribution in [2.75, 3.05) is 6.54 Å². The highest BCUT2D eigenvalue weighted by molar-refractivity contribution is 5.92. The van der Waals surface area contributed by atoms with Crippen molar-refractivity contribution in [1.82, 2.24) is 15.1 Å². The van der Waals surface area contributed by atoms with E-state index in [0.717, 1.165) is 12.1 Å². The molecule has 0 saturated carbocycles. The molecule has 1 amide bonds. The largest absolute Gasteiger partial charge is 0.449 e. The third kappa shape index (κ3) is 3.94. The van der Waals surface area contributed by atoms with E-state index in [4.69, 9.17) is 4.74 Å². The van der Waals surface area contributed by atoms with E-state index in [2.05, 4.69) is 10.4 Å². The topological polar surface area (TPSA) is 73.2 Å². The van der Waals surface area contributed by atoms with Gasteiger partial charge in [0.15, 0.2) is 6.10 Å². The van der Waals surface area contributed by atoms with Gasteiger partial charge in [-0.3, -0.25) is 4.79 Å². The molecule has 116 valence electrons. The van der Waals surface area contributed by atoms with Crippen LogP contribution in [-0.4, -0.2) is 34.3 Å². The summed E-state index contributed by atoms with van der Waals surface area (Å²) < 4.78 is 6.84. The van der Waals surface area contributed by atoms with E-state index < -0.39 is 12.1 Å². The van der Waals surface area contributed by atoms with Gasteiger partial charge in [-0.1, -0.05) is 6.92 Å². The molecule has 1 aromatic carbocycles. The summed E-state index contributed by atoms with van der Waals surface area (Å²) in [6.07, 6.45) is 3.51. The van der Waals surface area contributed by atoms with Crippen LogP contribution in [0.15, 0.2) is 42.7 Å². The molecule has 1 N–H and O–H groups in total. The molecule has 0 radical (unpaired) electrons. The Morgan fingerprint density at radius 2 is 2.05 bits per heavy atom. The Hall–Kier alpha value is -2.63.